The highest BCUT2D eigenvalue weighted by Crippen LogP contribution is 2.44. The summed E-state index contributed by atoms with van der Waals surface area (Å²) in [6, 6.07) is 16.1. The van der Waals surface area contributed by atoms with E-state index >= 15 is 0 Å². The van der Waals surface area contributed by atoms with Crippen LogP contribution in [0.4, 0.5) is 5.82 Å². The van der Waals surface area contributed by atoms with Crippen LogP contribution in [0.5, 0.6) is 5.75 Å². The Morgan fingerprint density at radius 3 is 2.66 bits per heavy atom. The highest BCUT2D eigenvalue weighted by molar-refractivity contribution is 7.73. The van der Waals surface area contributed by atoms with Crippen molar-refractivity contribution >= 4 is 41.5 Å². The maximum absolute atomic E-state index is 5.82. The van der Waals surface area contributed by atoms with Gasteiger partial charge in [-0.15, -0.1) is 11.3 Å². The SMILES string of the molecule is COc1ccc(C2N=C3N=CC=CN3c3c2sc(=S)n3-c2ccccc2C)cc1. The van der Waals surface area contributed by atoms with Gasteiger partial charge in [0, 0.05) is 12.4 Å². The second-order valence-electron chi connectivity index (χ2n) is 6.77. The Bertz CT molecular complexity index is 1230. The number of nitrogens with zero attached hydrogens (tertiary/aromatic N) is 4. The number of hydrogen-bond acceptors (Lipinski definition) is 6. The molecule has 0 amide bonds. The standard InChI is InChI=1S/C22H18N4OS2/c1-14-6-3-4-7-17(14)26-20-19(29-22(26)28)18(15-8-10-16(27-2)11-9-15)24-21-23-12-5-13-25(20)21/h3-13,18H,1-2H3. The third-order valence-electron chi connectivity index (χ3n) is 5.05. The molecule has 0 radical (unpaired) electrons. The number of anilines is 1. The van der Waals surface area contributed by atoms with Gasteiger partial charge >= 0.3 is 0 Å². The predicted molar refractivity (Wildman–Crippen MR) is 122 cm³/mol. The summed E-state index contributed by atoms with van der Waals surface area (Å²) in [4.78, 5) is 12.6. The molecule has 0 saturated carbocycles. The van der Waals surface area contributed by atoms with Crippen molar-refractivity contribution in [1.82, 2.24) is 4.57 Å². The lowest BCUT2D eigenvalue weighted by Gasteiger charge is -2.30. The van der Waals surface area contributed by atoms with E-state index in [2.05, 4.69) is 40.7 Å². The molecule has 2 aliphatic rings. The van der Waals surface area contributed by atoms with Gasteiger partial charge in [-0.25, -0.2) is 9.98 Å². The molecule has 1 aromatic heterocycles. The molecule has 2 aromatic carbocycles. The van der Waals surface area contributed by atoms with Gasteiger partial charge in [-0.05, 0) is 54.5 Å². The fraction of sp³-hybridized carbons (Fsp3) is 0.136. The van der Waals surface area contributed by atoms with Crippen molar-refractivity contribution in [3.05, 3.63) is 80.8 Å². The zero-order chi connectivity index (χ0) is 20.0. The molecule has 144 valence electrons. The number of hydrogen-bond donors (Lipinski definition) is 0. The number of allylic oxidation sites excluding steroid dienone is 1. The van der Waals surface area contributed by atoms with Gasteiger partial charge in [-0.2, -0.15) is 0 Å². The first kappa shape index (κ1) is 18.0. The molecule has 0 fully saturated rings. The van der Waals surface area contributed by atoms with E-state index in [0.29, 0.717) is 5.96 Å². The Morgan fingerprint density at radius 2 is 1.90 bits per heavy atom. The number of rotatable bonds is 3. The summed E-state index contributed by atoms with van der Waals surface area (Å²) in [5, 5.41) is 0. The molecule has 5 rings (SSSR count). The van der Waals surface area contributed by atoms with Crippen molar-refractivity contribution in [2.75, 3.05) is 12.0 Å². The summed E-state index contributed by atoms with van der Waals surface area (Å²) in [6.45, 7) is 2.10. The van der Waals surface area contributed by atoms with Gasteiger partial charge in [0.15, 0.2) is 3.95 Å². The van der Waals surface area contributed by atoms with Crippen molar-refractivity contribution in [3.8, 4) is 11.4 Å². The van der Waals surface area contributed by atoms with Crippen molar-refractivity contribution in [1.29, 1.82) is 0 Å². The number of thiazole rings is 1. The predicted octanol–water partition coefficient (Wildman–Crippen LogP) is 5.45. The molecule has 5 nitrogen and oxygen atoms in total. The highest BCUT2D eigenvalue weighted by atomic mass is 32.1. The van der Waals surface area contributed by atoms with Crippen molar-refractivity contribution < 1.29 is 4.74 Å². The smallest absolute Gasteiger partial charge is 0.231 e. The van der Waals surface area contributed by atoms with Crippen molar-refractivity contribution in [2.24, 2.45) is 9.98 Å². The zero-order valence-electron chi connectivity index (χ0n) is 15.9. The van der Waals surface area contributed by atoms with Gasteiger partial charge < -0.3 is 4.74 Å². The second kappa shape index (κ2) is 7.09. The first-order valence-corrected chi connectivity index (χ1v) is 10.4. The van der Waals surface area contributed by atoms with Crippen molar-refractivity contribution in [3.63, 3.8) is 0 Å². The number of guanidine groups is 1. The molecule has 1 unspecified atom stereocenters. The quantitative estimate of drug-likeness (QED) is 0.531. The first-order chi connectivity index (χ1) is 14.2. The Morgan fingerprint density at radius 1 is 1.10 bits per heavy atom. The maximum Gasteiger partial charge on any atom is 0.231 e. The summed E-state index contributed by atoms with van der Waals surface area (Å²) in [6.07, 6.45) is 5.68. The van der Waals surface area contributed by atoms with Crippen LogP contribution in [0.15, 0.2) is 70.8 Å². The fourth-order valence-corrected chi connectivity index (χ4v) is 5.12. The third-order valence-corrected chi connectivity index (χ3v) is 6.46. The molecule has 0 spiro atoms. The van der Waals surface area contributed by atoms with Gasteiger partial charge in [0.25, 0.3) is 0 Å². The Balaban J connectivity index is 1.75. The van der Waals surface area contributed by atoms with E-state index in [1.165, 1.54) is 5.56 Å². The van der Waals surface area contributed by atoms with Crippen LogP contribution in [0.3, 0.4) is 0 Å². The van der Waals surface area contributed by atoms with Gasteiger partial charge in [-0.1, -0.05) is 30.3 Å². The molecular weight excluding hydrogens is 400 g/mol. The first-order valence-electron chi connectivity index (χ1n) is 9.21. The van der Waals surface area contributed by atoms with E-state index in [-0.39, 0.29) is 6.04 Å². The summed E-state index contributed by atoms with van der Waals surface area (Å²) in [7, 11) is 1.67. The average molecular weight is 419 g/mol. The van der Waals surface area contributed by atoms with Crippen LogP contribution in [0, 0.1) is 10.9 Å². The molecule has 3 heterocycles. The molecule has 29 heavy (non-hydrogen) atoms. The number of aliphatic imine (C=N–C) groups is 2. The Hall–Kier alpha value is -3.03. The summed E-state index contributed by atoms with van der Waals surface area (Å²) >= 11 is 7.42. The number of methoxy groups -OCH3 is 1. The van der Waals surface area contributed by atoms with E-state index in [1.807, 2.05) is 41.4 Å². The van der Waals surface area contributed by atoms with E-state index in [0.717, 1.165) is 31.6 Å². The minimum Gasteiger partial charge on any atom is -0.497 e. The minimum atomic E-state index is -0.164. The second-order valence-corrected chi connectivity index (χ2v) is 8.45. The normalized spacial score (nSPS) is 17.0. The van der Waals surface area contributed by atoms with Crippen LogP contribution in [0.2, 0.25) is 0 Å². The number of aryl methyl sites for hydroxylation is 1. The van der Waals surface area contributed by atoms with Crippen LogP contribution in [0.1, 0.15) is 22.0 Å². The third kappa shape index (κ3) is 2.94. The Kier molecular flexibility index (Phi) is 4.41. The molecule has 0 bridgehead atoms. The van der Waals surface area contributed by atoms with Crippen molar-refractivity contribution in [2.45, 2.75) is 13.0 Å². The van der Waals surface area contributed by atoms with Crippen LogP contribution in [0.25, 0.3) is 5.69 Å². The number of fused-ring (bicyclic) bond motifs is 3. The molecule has 0 aliphatic carbocycles. The minimum absolute atomic E-state index is 0.164. The zero-order valence-corrected chi connectivity index (χ0v) is 17.6. The lowest BCUT2D eigenvalue weighted by Crippen LogP contribution is -2.32. The average Bonchev–Trinajstić information content (AvgIpc) is 3.10. The molecule has 7 heteroatoms. The summed E-state index contributed by atoms with van der Waals surface area (Å²) < 4.78 is 8.24. The molecule has 3 aromatic rings. The topological polar surface area (TPSA) is 42.1 Å². The van der Waals surface area contributed by atoms with E-state index in [4.69, 9.17) is 21.9 Å². The van der Waals surface area contributed by atoms with E-state index in [9.17, 15) is 0 Å². The fourth-order valence-electron chi connectivity index (χ4n) is 3.62. The molecule has 1 atom stereocenters. The number of para-hydroxylation sites is 1. The van der Waals surface area contributed by atoms with Crippen LogP contribution < -0.4 is 9.64 Å². The lowest BCUT2D eigenvalue weighted by molar-refractivity contribution is 0.414. The summed E-state index contributed by atoms with van der Waals surface area (Å²) in [5.74, 6) is 2.49. The van der Waals surface area contributed by atoms with Gasteiger partial charge in [0.2, 0.25) is 5.96 Å². The van der Waals surface area contributed by atoms with Gasteiger partial charge in [0.05, 0.1) is 17.7 Å². The van der Waals surface area contributed by atoms with E-state index < -0.39 is 0 Å². The van der Waals surface area contributed by atoms with Gasteiger partial charge in [0.1, 0.15) is 17.6 Å². The van der Waals surface area contributed by atoms with Gasteiger partial charge in [-0.3, -0.25) is 9.47 Å². The molecule has 0 N–H and O–H groups in total. The highest BCUT2D eigenvalue weighted by Gasteiger charge is 2.34. The molecule has 0 saturated heterocycles. The molecule has 2 aliphatic heterocycles. The van der Waals surface area contributed by atoms with Crippen LogP contribution in [-0.2, 0) is 0 Å². The molecular formula is C22H18N4OS2. The summed E-state index contributed by atoms with van der Waals surface area (Å²) in [5.41, 5.74) is 3.32. The van der Waals surface area contributed by atoms with E-state index in [1.54, 1.807) is 24.7 Å². The maximum atomic E-state index is 5.82. The largest absolute Gasteiger partial charge is 0.497 e. The number of aromatic nitrogens is 1. The monoisotopic (exact) mass is 418 g/mol. The van der Waals surface area contributed by atoms with Crippen LogP contribution in [-0.4, -0.2) is 23.9 Å². The Labute approximate surface area is 177 Å². The lowest BCUT2D eigenvalue weighted by atomic mass is 10.0. The number of ether oxygens (including phenoxy) is 1. The van der Waals surface area contributed by atoms with Crippen LogP contribution >= 0.6 is 23.6 Å². The number of benzene rings is 2.